The van der Waals surface area contributed by atoms with Gasteiger partial charge in [0.2, 0.25) is 0 Å². The molecule has 2 aromatic rings. The normalized spacial score (nSPS) is 10.5. The Bertz CT molecular complexity index is 529. The number of halogens is 1. The van der Waals surface area contributed by atoms with Crippen LogP contribution in [0.15, 0.2) is 28.9 Å². The Balaban J connectivity index is 2.24. The van der Waals surface area contributed by atoms with Crippen LogP contribution in [-0.2, 0) is 13.0 Å². The lowest BCUT2D eigenvalue weighted by Gasteiger charge is -2.14. The van der Waals surface area contributed by atoms with Gasteiger partial charge in [-0.1, -0.05) is 16.8 Å². The van der Waals surface area contributed by atoms with Gasteiger partial charge in [-0.3, -0.25) is 0 Å². The van der Waals surface area contributed by atoms with Crippen LogP contribution in [-0.4, -0.2) is 18.8 Å². The van der Waals surface area contributed by atoms with Gasteiger partial charge in [0.05, 0.1) is 13.3 Å². The lowest BCUT2D eigenvalue weighted by Crippen LogP contribution is -2.06. The monoisotopic (exact) mass is 282 g/mol. The van der Waals surface area contributed by atoms with Crippen molar-refractivity contribution in [3.05, 3.63) is 40.7 Å². The van der Waals surface area contributed by atoms with Crippen molar-refractivity contribution in [3.8, 4) is 11.5 Å². The quantitative estimate of drug-likeness (QED) is 0.881. The smallest absolute Gasteiger partial charge is 0.174 e. The number of hydrogen-bond acceptors (Lipinski definition) is 5. The Morgan fingerprint density at radius 1 is 1.42 bits per heavy atom. The van der Waals surface area contributed by atoms with Crippen LogP contribution >= 0.6 is 11.6 Å². The van der Waals surface area contributed by atoms with E-state index in [0.29, 0.717) is 35.2 Å². The summed E-state index contributed by atoms with van der Waals surface area (Å²) in [6, 6.07) is 5.27. The minimum atomic E-state index is 0.273. The molecule has 1 heterocycles. The van der Waals surface area contributed by atoms with Gasteiger partial charge in [-0.15, -0.1) is 0 Å². The van der Waals surface area contributed by atoms with Crippen molar-refractivity contribution in [1.29, 1.82) is 0 Å². The molecule has 0 amide bonds. The molecule has 0 unspecified atom stereocenters. The number of nitrogens with zero attached hydrogens (tertiary/aromatic N) is 1. The standard InChI is InChI=1S/C13H15ClN2O3/c1-17-12-7-10(14)6-9(2-4-15)13(12)18-8-11-3-5-16-19-11/h3,5-7H,2,4,8,15H2,1H3. The molecule has 0 aliphatic carbocycles. The van der Waals surface area contributed by atoms with Gasteiger partial charge < -0.3 is 19.7 Å². The summed E-state index contributed by atoms with van der Waals surface area (Å²) in [6.07, 6.45) is 2.22. The van der Waals surface area contributed by atoms with E-state index >= 15 is 0 Å². The molecule has 1 aromatic heterocycles. The summed E-state index contributed by atoms with van der Waals surface area (Å²) in [7, 11) is 1.57. The maximum atomic E-state index is 6.03. The van der Waals surface area contributed by atoms with Gasteiger partial charge in [0, 0.05) is 22.7 Å². The summed E-state index contributed by atoms with van der Waals surface area (Å²) < 4.78 is 16.0. The molecule has 0 atom stereocenters. The number of nitrogens with two attached hydrogens (primary N) is 1. The van der Waals surface area contributed by atoms with E-state index in [0.717, 1.165) is 5.56 Å². The van der Waals surface area contributed by atoms with E-state index in [1.54, 1.807) is 25.4 Å². The number of rotatable bonds is 6. The number of methoxy groups -OCH3 is 1. The van der Waals surface area contributed by atoms with Crippen LogP contribution in [0.1, 0.15) is 11.3 Å². The predicted molar refractivity (Wildman–Crippen MR) is 71.6 cm³/mol. The zero-order chi connectivity index (χ0) is 13.7. The van der Waals surface area contributed by atoms with Crippen LogP contribution in [0.4, 0.5) is 0 Å². The molecule has 6 heteroatoms. The molecule has 0 aliphatic rings. The molecule has 1 aromatic carbocycles. The predicted octanol–water partition coefficient (Wildman–Crippen LogP) is 2.42. The van der Waals surface area contributed by atoms with E-state index in [9.17, 15) is 0 Å². The molecule has 0 radical (unpaired) electrons. The third-order valence-electron chi connectivity index (χ3n) is 2.58. The maximum Gasteiger partial charge on any atom is 0.174 e. The molecule has 2 N–H and O–H groups in total. The summed E-state index contributed by atoms with van der Waals surface area (Å²) in [4.78, 5) is 0. The van der Waals surface area contributed by atoms with Gasteiger partial charge >= 0.3 is 0 Å². The molecule has 0 fully saturated rings. The van der Waals surface area contributed by atoms with Gasteiger partial charge in [-0.05, 0) is 19.0 Å². The summed E-state index contributed by atoms with van der Waals surface area (Å²) >= 11 is 6.03. The lowest BCUT2D eigenvalue weighted by atomic mass is 10.1. The Morgan fingerprint density at radius 2 is 2.26 bits per heavy atom. The Morgan fingerprint density at radius 3 is 2.89 bits per heavy atom. The molecule has 2 rings (SSSR count). The number of ether oxygens (including phenoxy) is 2. The highest BCUT2D eigenvalue weighted by Crippen LogP contribution is 2.35. The van der Waals surface area contributed by atoms with Crippen LogP contribution in [0.25, 0.3) is 0 Å². The van der Waals surface area contributed by atoms with Crippen LogP contribution in [0, 0.1) is 0 Å². The average molecular weight is 283 g/mol. The number of aromatic nitrogens is 1. The maximum absolute atomic E-state index is 6.03. The van der Waals surface area contributed by atoms with Crippen molar-refractivity contribution in [2.45, 2.75) is 13.0 Å². The van der Waals surface area contributed by atoms with Crippen LogP contribution in [0.5, 0.6) is 11.5 Å². The van der Waals surface area contributed by atoms with E-state index < -0.39 is 0 Å². The second kappa shape index (κ2) is 6.45. The fraction of sp³-hybridized carbons (Fsp3) is 0.308. The zero-order valence-electron chi connectivity index (χ0n) is 10.6. The SMILES string of the molecule is COc1cc(Cl)cc(CCN)c1OCc1ccno1. The van der Waals surface area contributed by atoms with Gasteiger partial charge in [-0.2, -0.15) is 0 Å². The third kappa shape index (κ3) is 3.39. The molecule has 5 nitrogen and oxygen atoms in total. The van der Waals surface area contributed by atoms with Crippen molar-refractivity contribution in [3.63, 3.8) is 0 Å². The van der Waals surface area contributed by atoms with E-state index in [4.69, 9.17) is 31.3 Å². The first-order chi connectivity index (χ1) is 9.24. The first-order valence-corrected chi connectivity index (χ1v) is 6.21. The number of hydrogen-bond donors (Lipinski definition) is 1. The lowest BCUT2D eigenvalue weighted by molar-refractivity contribution is 0.237. The van der Waals surface area contributed by atoms with E-state index in [1.165, 1.54) is 0 Å². The van der Waals surface area contributed by atoms with Gasteiger partial charge in [0.15, 0.2) is 17.3 Å². The molecule has 0 saturated carbocycles. The van der Waals surface area contributed by atoms with Crippen molar-refractivity contribution < 1.29 is 14.0 Å². The fourth-order valence-electron chi connectivity index (χ4n) is 1.74. The van der Waals surface area contributed by atoms with Crippen molar-refractivity contribution in [2.24, 2.45) is 5.73 Å². The highest BCUT2D eigenvalue weighted by atomic mass is 35.5. The van der Waals surface area contributed by atoms with Gasteiger partial charge in [0.1, 0.15) is 6.61 Å². The highest BCUT2D eigenvalue weighted by Gasteiger charge is 2.13. The highest BCUT2D eigenvalue weighted by molar-refractivity contribution is 6.30. The Labute approximate surface area is 116 Å². The molecule has 0 bridgehead atoms. The number of benzene rings is 1. The molecule has 19 heavy (non-hydrogen) atoms. The van der Waals surface area contributed by atoms with Crippen LogP contribution in [0.2, 0.25) is 5.02 Å². The Kier molecular flexibility index (Phi) is 4.65. The third-order valence-corrected chi connectivity index (χ3v) is 2.80. The summed E-state index contributed by atoms with van der Waals surface area (Å²) in [5.41, 5.74) is 6.50. The molecule has 102 valence electrons. The van der Waals surface area contributed by atoms with E-state index in [-0.39, 0.29) is 6.61 Å². The second-order valence-corrected chi connectivity index (χ2v) is 4.34. The molecule has 0 saturated heterocycles. The summed E-state index contributed by atoms with van der Waals surface area (Å²) in [5, 5.41) is 4.21. The molecular weight excluding hydrogens is 268 g/mol. The van der Waals surface area contributed by atoms with Crippen LogP contribution in [0.3, 0.4) is 0 Å². The van der Waals surface area contributed by atoms with Crippen LogP contribution < -0.4 is 15.2 Å². The minimum Gasteiger partial charge on any atom is -0.493 e. The second-order valence-electron chi connectivity index (χ2n) is 3.90. The molecule has 0 aliphatic heterocycles. The molecule has 0 spiro atoms. The first-order valence-electron chi connectivity index (χ1n) is 5.83. The topological polar surface area (TPSA) is 70.5 Å². The average Bonchev–Trinajstić information content (AvgIpc) is 2.90. The van der Waals surface area contributed by atoms with Crippen molar-refractivity contribution >= 4 is 11.6 Å². The van der Waals surface area contributed by atoms with Gasteiger partial charge in [-0.25, -0.2) is 0 Å². The van der Waals surface area contributed by atoms with E-state index in [2.05, 4.69) is 5.16 Å². The van der Waals surface area contributed by atoms with Crippen molar-refractivity contribution in [1.82, 2.24) is 5.16 Å². The summed E-state index contributed by atoms with van der Waals surface area (Å²) in [6.45, 7) is 0.776. The first kappa shape index (κ1) is 13.7. The fourth-order valence-corrected chi connectivity index (χ4v) is 1.97. The van der Waals surface area contributed by atoms with E-state index in [1.807, 2.05) is 6.07 Å². The zero-order valence-corrected chi connectivity index (χ0v) is 11.3. The Hall–Kier alpha value is -1.72. The van der Waals surface area contributed by atoms with Crippen molar-refractivity contribution in [2.75, 3.05) is 13.7 Å². The minimum absolute atomic E-state index is 0.273. The summed E-state index contributed by atoms with van der Waals surface area (Å²) in [5.74, 6) is 1.85. The largest absolute Gasteiger partial charge is 0.493 e. The van der Waals surface area contributed by atoms with Gasteiger partial charge in [0.25, 0.3) is 0 Å². The molecular formula is C13H15ClN2O3.